The maximum absolute atomic E-state index is 12.2. The van der Waals surface area contributed by atoms with Crippen LogP contribution in [0.4, 0.5) is 5.69 Å². The molecule has 0 saturated heterocycles. The van der Waals surface area contributed by atoms with E-state index in [0.717, 1.165) is 22.9 Å². The van der Waals surface area contributed by atoms with Crippen LogP contribution >= 0.6 is 15.9 Å². The van der Waals surface area contributed by atoms with E-state index in [-0.39, 0.29) is 5.97 Å². The predicted molar refractivity (Wildman–Crippen MR) is 86.9 cm³/mol. The summed E-state index contributed by atoms with van der Waals surface area (Å²) in [6.45, 7) is 6.64. The van der Waals surface area contributed by atoms with E-state index in [1.807, 2.05) is 6.92 Å². The number of nitrogens with two attached hydrogens (primary N) is 1. The first-order chi connectivity index (χ1) is 9.49. The first-order valence-corrected chi connectivity index (χ1v) is 8.01. The average Bonchev–Trinajstić information content (AvgIpc) is 2.42. The van der Waals surface area contributed by atoms with Crippen molar-refractivity contribution in [3.8, 4) is 0 Å². The number of anilines is 1. The molecule has 0 saturated carbocycles. The van der Waals surface area contributed by atoms with Crippen molar-refractivity contribution in [1.29, 1.82) is 0 Å². The van der Waals surface area contributed by atoms with Gasteiger partial charge in [0.2, 0.25) is 0 Å². The van der Waals surface area contributed by atoms with Crippen molar-refractivity contribution in [3.63, 3.8) is 0 Å². The number of carbonyl (C=O) groups excluding carboxylic acids is 1. The topological polar surface area (TPSA) is 52.3 Å². The van der Waals surface area contributed by atoms with Gasteiger partial charge < -0.3 is 10.5 Å². The number of halogens is 1. The monoisotopic (exact) mass is 341 g/mol. The lowest BCUT2D eigenvalue weighted by atomic mass is 10.0. The Morgan fingerprint density at radius 3 is 2.70 bits per heavy atom. The van der Waals surface area contributed by atoms with Gasteiger partial charge in [0.25, 0.3) is 0 Å². The smallest absolute Gasteiger partial charge is 0.338 e. The van der Waals surface area contributed by atoms with Crippen LogP contribution in [0.15, 0.2) is 16.6 Å². The minimum atomic E-state index is -0.287. The normalized spacial score (nSPS) is 12.2. The van der Waals surface area contributed by atoms with Crippen LogP contribution in [0.1, 0.15) is 55.5 Å². The second kappa shape index (κ2) is 8.30. The number of ether oxygens (including phenoxy) is 1. The van der Waals surface area contributed by atoms with E-state index in [1.54, 1.807) is 12.1 Å². The number of rotatable bonds is 7. The van der Waals surface area contributed by atoms with Crippen LogP contribution in [0.25, 0.3) is 0 Å². The van der Waals surface area contributed by atoms with E-state index >= 15 is 0 Å². The number of esters is 1. The van der Waals surface area contributed by atoms with Gasteiger partial charge in [0.15, 0.2) is 0 Å². The first-order valence-electron chi connectivity index (χ1n) is 7.22. The van der Waals surface area contributed by atoms with E-state index in [9.17, 15) is 4.79 Å². The molecule has 0 aliphatic heterocycles. The summed E-state index contributed by atoms with van der Waals surface area (Å²) >= 11 is 3.36. The van der Waals surface area contributed by atoms with Crippen molar-refractivity contribution in [1.82, 2.24) is 0 Å². The summed E-state index contributed by atoms with van der Waals surface area (Å²) in [5, 5.41) is 0. The van der Waals surface area contributed by atoms with E-state index in [1.165, 1.54) is 12.8 Å². The zero-order chi connectivity index (χ0) is 15.1. The zero-order valence-electron chi connectivity index (χ0n) is 12.5. The molecule has 1 aromatic rings. The van der Waals surface area contributed by atoms with Gasteiger partial charge in [-0.15, -0.1) is 0 Å². The third-order valence-corrected chi connectivity index (χ3v) is 4.08. The summed E-state index contributed by atoms with van der Waals surface area (Å²) in [5.74, 6) is 0.161. The number of carbonyl (C=O) groups is 1. The Morgan fingerprint density at radius 1 is 1.40 bits per heavy atom. The quantitative estimate of drug-likeness (QED) is 0.576. The van der Waals surface area contributed by atoms with Gasteiger partial charge in [-0.25, -0.2) is 4.79 Å². The summed E-state index contributed by atoms with van der Waals surface area (Å²) in [4.78, 5) is 12.2. The van der Waals surface area contributed by atoms with Gasteiger partial charge >= 0.3 is 5.97 Å². The van der Waals surface area contributed by atoms with E-state index in [0.29, 0.717) is 23.8 Å². The molecule has 20 heavy (non-hydrogen) atoms. The molecule has 3 nitrogen and oxygen atoms in total. The maximum Gasteiger partial charge on any atom is 0.338 e. The van der Waals surface area contributed by atoms with Crippen molar-refractivity contribution in [2.75, 3.05) is 12.3 Å². The number of nitrogen functional groups attached to an aromatic ring is 1. The average molecular weight is 342 g/mol. The molecule has 0 fully saturated rings. The van der Waals surface area contributed by atoms with Crippen LogP contribution in [0.5, 0.6) is 0 Å². The van der Waals surface area contributed by atoms with Crippen molar-refractivity contribution in [3.05, 3.63) is 27.7 Å². The van der Waals surface area contributed by atoms with Gasteiger partial charge in [-0.2, -0.15) is 0 Å². The van der Waals surface area contributed by atoms with Gasteiger partial charge in [-0.1, -0.05) is 49.0 Å². The predicted octanol–water partition coefficient (Wildman–Crippen LogP) is 4.71. The lowest BCUT2D eigenvalue weighted by molar-refractivity contribution is 0.0427. The molecule has 0 spiro atoms. The Balaban J connectivity index is 2.67. The fourth-order valence-corrected chi connectivity index (χ4v) is 2.56. The molecular formula is C16H24BrNO2. The Labute approximate surface area is 130 Å². The molecule has 1 unspecified atom stereocenters. The number of unbranched alkanes of at least 4 members (excludes halogenated alkanes) is 1. The molecule has 1 rings (SSSR count). The lowest BCUT2D eigenvalue weighted by Gasteiger charge is -2.15. The number of benzene rings is 1. The minimum Gasteiger partial charge on any atom is -0.462 e. The van der Waals surface area contributed by atoms with Crippen LogP contribution < -0.4 is 5.73 Å². The molecule has 0 aromatic heterocycles. The maximum atomic E-state index is 12.2. The summed E-state index contributed by atoms with van der Waals surface area (Å²) in [6, 6.07) is 3.56. The number of hydrogen-bond donors (Lipinski definition) is 1. The molecule has 0 aliphatic carbocycles. The summed E-state index contributed by atoms with van der Waals surface area (Å²) < 4.78 is 6.25. The minimum absolute atomic E-state index is 0.287. The van der Waals surface area contributed by atoms with Crippen LogP contribution in [-0.2, 0) is 4.74 Å². The van der Waals surface area contributed by atoms with Gasteiger partial charge in [0.1, 0.15) is 0 Å². The highest BCUT2D eigenvalue weighted by Gasteiger charge is 2.15. The fraction of sp³-hybridized carbons (Fsp3) is 0.562. The van der Waals surface area contributed by atoms with Crippen LogP contribution in [0.3, 0.4) is 0 Å². The summed E-state index contributed by atoms with van der Waals surface area (Å²) in [5.41, 5.74) is 7.79. The van der Waals surface area contributed by atoms with E-state index in [4.69, 9.17) is 10.5 Å². The van der Waals surface area contributed by atoms with Crippen molar-refractivity contribution < 1.29 is 9.53 Å². The van der Waals surface area contributed by atoms with Crippen molar-refractivity contribution >= 4 is 27.6 Å². The summed E-state index contributed by atoms with van der Waals surface area (Å²) in [7, 11) is 0. The largest absolute Gasteiger partial charge is 0.462 e. The van der Waals surface area contributed by atoms with Crippen LogP contribution in [0.2, 0.25) is 0 Å². The van der Waals surface area contributed by atoms with E-state index in [2.05, 4.69) is 29.8 Å². The van der Waals surface area contributed by atoms with Gasteiger partial charge in [0, 0.05) is 10.2 Å². The molecule has 0 radical (unpaired) electrons. The fourth-order valence-electron chi connectivity index (χ4n) is 2.08. The highest BCUT2D eigenvalue weighted by Crippen LogP contribution is 2.24. The zero-order valence-corrected chi connectivity index (χ0v) is 14.1. The molecule has 4 heteroatoms. The molecular weight excluding hydrogens is 318 g/mol. The highest BCUT2D eigenvalue weighted by molar-refractivity contribution is 9.10. The van der Waals surface area contributed by atoms with Crippen molar-refractivity contribution in [2.24, 2.45) is 5.92 Å². The Kier molecular flexibility index (Phi) is 7.06. The Morgan fingerprint density at radius 2 is 2.10 bits per heavy atom. The van der Waals surface area contributed by atoms with E-state index < -0.39 is 0 Å². The molecule has 0 bridgehead atoms. The van der Waals surface area contributed by atoms with Gasteiger partial charge in [-0.05, 0) is 37.0 Å². The SMILES string of the molecule is CCCCC(CC)COC(=O)c1cc(Br)cc(N)c1C. The van der Waals surface area contributed by atoms with Gasteiger partial charge in [0.05, 0.1) is 12.2 Å². The Bertz CT molecular complexity index is 460. The second-order valence-corrected chi connectivity index (χ2v) is 6.10. The van der Waals surface area contributed by atoms with Crippen LogP contribution in [-0.4, -0.2) is 12.6 Å². The number of hydrogen-bond acceptors (Lipinski definition) is 3. The first kappa shape index (κ1) is 17.0. The van der Waals surface area contributed by atoms with Gasteiger partial charge in [-0.3, -0.25) is 0 Å². The molecule has 0 heterocycles. The molecule has 2 N–H and O–H groups in total. The molecule has 112 valence electrons. The third kappa shape index (κ3) is 4.82. The van der Waals surface area contributed by atoms with Crippen molar-refractivity contribution in [2.45, 2.75) is 46.5 Å². The molecule has 0 aliphatic rings. The molecule has 1 atom stereocenters. The molecule has 0 amide bonds. The second-order valence-electron chi connectivity index (χ2n) is 5.18. The Hall–Kier alpha value is -1.03. The third-order valence-electron chi connectivity index (χ3n) is 3.63. The lowest BCUT2D eigenvalue weighted by Crippen LogP contribution is -2.15. The van der Waals surface area contributed by atoms with Crippen LogP contribution in [0, 0.1) is 12.8 Å². The molecule has 1 aromatic carbocycles. The highest BCUT2D eigenvalue weighted by atomic mass is 79.9. The standard InChI is InChI=1S/C16H24BrNO2/c1-4-6-7-12(5-2)10-20-16(19)14-8-13(17)9-15(18)11(14)3/h8-9,12H,4-7,10,18H2,1-3H3. The summed E-state index contributed by atoms with van der Waals surface area (Å²) in [6.07, 6.45) is 4.50.